The second-order valence-corrected chi connectivity index (χ2v) is 6.08. The number of methoxy groups -OCH3 is 1. The summed E-state index contributed by atoms with van der Waals surface area (Å²) in [6, 6.07) is 0.0179. The van der Waals surface area contributed by atoms with Crippen LogP contribution in [0.3, 0.4) is 0 Å². The van der Waals surface area contributed by atoms with Gasteiger partial charge < -0.3 is 10.1 Å². The Bertz CT molecular complexity index is 569. The van der Waals surface area contributed by atoms with Crippen molar-refractivity contribution in [1.82, 2.24) is 20.1 Å². The number of ether oxygens (including phenoxy) is 1. The lowest BCUT2D eigenvalue weighted by Crippen LogP contribution is -2.26. The predicted octanol–water partition coefficient (Wildman–Crippen LogP) is 3.04. The average Bonchev–Trinajstić information content (AvgIpc) is 3.05. The van der Waals surface area contributed by atoms with E-state index < -0.39 is 0 Å². The zero-order valence-corrected chi connectivity index (χ0v) is 14.2. The summed E-state index contributed by atoms with van der Waals surface area (Å²) < 4.78 is 7.07. The molecule has 1 N–H and O–H groups in total. The minimum absolute atomic E-state index is 0.0179. The van der Waals surface area contributed by atoms with Gasteiger partial charge >= 0.3 is 0 Å². The van der Waals surface area contributed by atoms with Crippen LogP contribution in [0.4, 0.5) is 0 Å². The summed E-state index contributed by atoms with van der Waals surface area (Å²) in [6.07, 6.45) is 2.75. The Balaban J connectivity index is 2.36. The van der Waals surface area contributed by atoms with E-state index in [1.54, 1.807) is 24.6 Å². The maximum absolute atomic E-state index is 6.39. The monoisotopic (exact) mass is 328 g/mol. The second-order valence-electron chi connectivity index (χ2n) is 4.78. The van der Waals surface area contributed by atoms with E-state index >= 15 is 0 Å². The molecule has 21 heavy (non-hydrogen) atoms. The standard InChI is InChI=1S/C14H21ClN4OS/c1-4-5-16-12(14-10(2)17-9-21-14)13-11(15)8-18-19(13)6-7-20-3/h8-9,12,16H,4-7H2,1-3H3. The highest BCUT2D eigenvalue weighted by Crippen LogP contribution is 2.32. The molecule has 2 rings (SSSR count). The largest absolute Gasteiger partial charge is 0.383 e. The van der Waals surface area contributed by atoms with Crippen LogP contribution in [0, 0.1) is 6.92 Å². The van der Waals surface area contributed by atoms with Gasteiger partial charge in [0.05, 0.1) is 52.2 Å². The van der Waals surface area contributed by atoms with Gasteiger partial charge in [-0.05, 0) is 19.9 Å². The number of aromatic nitrogens is 3. The average molecular weight is 329 g/mol. The van der Waals surface area contributed by atoms with Gasteiger partial charge in [0.15, 0.2) is 0 Å². The lowest BCUT2D eigenvalue weighted by Gasteiger charge is -2.20. The first-order valence-electron chi connectivity index (χ1n) is 7.02. The Labute approximate surface area is 134 Å². The van der Waals surface area contributed by atoms with Crippen molar-refractivity contribution in [3.63, 3.8) is 0 Å². The van der Waals surface area contributed by atoms with Crippen LogP contribution in [0.1, 0.15) is 35.7 Å². The zero-order valence-electron chi connectivity index (χ0n) is 12.6. The molecular formula is C14H21ClN4OS. The van der Waals surface area contributed by atoms with Crippen molar-refractivity contribution in [3.8, 4) is 0 Å². The Morgan fingerprint density at radius 2 is 2.33 bits per heavy atom. The highest BCUT2D eigenvalue weighted by molar-refractivity contribution is 7.09. The number of aryl methyl sites for hydroxylation is 1. The number of hydrogen-bond acceptors (Lipinski definition) is 5. The molecule has 0 spiro atoms. The van der Waals surface area contributed by atoms with E-state index in [0.29, 0.717) is 18.2 Å². The lowest BCUT2D eigenvalue weighted by molar-refractivity contribution is 0.182. The van der Waals surface area contributed by atoms with Crippen molar-refractivity contribution in [2.24, 2.45) is 0 Å². The Morgan fingerprint density at radius 1 is 1.52 bits per heavy atom. The van der Waals surface area contributed by atoms with E-state index in [0.717, 1.165) is 24.4 Å². The molecule has 1 unspecified atom stereocenters. The van der Waals surface area contributed by atoms with Crippen molar-refractivity contribution < 1.29 is 4.74 Å². The predicted molar refractivity (Wildman–Crippen MR) is 86.1 cm³/mol. The highest BCUT2D eigenvalue weighted by atomic mass is 35.5. The van der Waals surface area contributed by atoms with Crippen LogP contribution in [0.5, 0.6) is 0 Å². The SMILES string of the molecule is CCCNC(c1scnc1C)c1c(Cl)cnn1CCOC. The molecule has 0 amide bonds. The maximum Gasteiger partial charge on any atom is 0.0876 e. The zero-order chi connectivity index (χ0) is 15.2. The van der Waals surface area contributed by atoms with Crippen molar-refractivity contribution in [2.75, 3.05) is 20.3 Å². The van der Waals surface area contributed by atoms with Crippen LogP contribution in [0.2, 0.25) is 5.02 Å². The molecule has 116 valence electrons. The van der Waals surface area contributed by atoms with Gasteiger partial charge in [-0.15, -0.1) is 11.3 Å². The maximum atomic E-state index is 6.39. The van der Waals surface area contributed by atoms with Gasteiger partial charge in [-0.1, -0.05) is 18.5 Å². The van der Waals surface area contributed by atoms with Crippen molar-refractivity contribution >= 4 is 22.9 Å². The minimum atomic E-state index is 0.0179. The number of nitrogens with zero attached hydrogens (tertiary/aromatic N) is 3. The molecular weight excluding hydrogens is 308 g/mol. The first-order chi connectivity index (χ1) is 10.2. The van der Waals surface area contributed by atoms with Gasteiger partial charge in [0.2, 0.25) is 0 Å². The van der Waals surface area contributed by atoms with Gasteiger partial charge in [0.25, 0.3) is 0 Å². The third kappa shape index (κ3) is 3.83. The highest BCUT2D eigenvalue weighted by Gasteiger charge is 2.24. The van der Waals surface area contributed by atoms with Crippen LogP contribution in [-0.4, -0.2) is 35.0 Å². The van der Waals surface area contributed by atoms with Gasteiger partial charge in [-0.3, -0.25) is 4.68 Å². The molecule has 5 nitrogen and oxygen atoms in total. The van der Waals surface area contributed by atoms with Crippen molar-refractivity contribution in [3.05, 3.63) is 33.0 Å². The summed E-state index contributed by atoms with van der Waals surface area (Å²) in [5.41, 5.74) is 3.88. The number of halogens is 1. The molecule has 0 saturated carbocycles. The van der Waals surface area contributed by atoms with Crippen LogP contribution in [-0.2, 0) is 11.3 Å². The first-order valence-corrected chi connectivity index (χ1v) is 8.28. The van der Waals surface area contributed by atoms with E-state index in [1.165, 1.54) is 4.88 Å². The van der Waals surface area contributed by atoms with Gasteiger partial charge in [-0.25, -0.2) is 4.98 Å². The van der Waals surface area contributed by atoms with Crippen LogP contribution in [0.15, 0.2) is 11.7 Å². The fourth-order valence-electron chi connectivity index (χ4n) is 2.21. The number of rotatable bonds is 8. The van der Waals surface area contributed by atoms with Gasteiger partial charge in [0.1, 0.15) is 0 Å². The molecule has 0 fully saturated rings. The summed E-state index contributed by atoms with van der Waals surface area (Å²) in [4.78, 5) is 5.54. The first kappa shape index (κ1) is 16.4. The fourth-order valence-corrected chi connectivity index (χ4v) is 3.33. The van der Waals surface area contributed by atoms with E-state index in [9.17, 15) is 0 Å². The van der Waals surface area contributed by atoms with E-state index in [2.05, 4.69) is 22.3 Å². The van der Waals surface area contributed by atoms with Crippen LogP contribution >= 0.6 is 22.9 Å². The molecule has 0 aliphatic carbocycles. The molecule has 2 aromatic heterocycles. The molecule has 1 atom stereocenters. The topological polar surface area (TPSA) is 52.0 Å². The number of nitrogens with one attached hydrogen (secondary N) is 1. The summed E-state index contributed by atoms with van der Waals surface area (Å²) in [7, 11) is 1.69. The summed E-state index contributed by atoms with van der Waals surface area (Å²) >= 11 is 8.03. The fraction of sp³-hybridized carbons (Fsp3) is 0.571. The summed E-state index contributed by atoms with van der Waals surface area (Å²) in [5, 5.41) is 8.60. The molecule has 0 bridgehead atoms. The summed E-state index contributed by atoms with van der Waals surface area (Å²) in [5.74, 6) is 0. The Morgan fingerprint density at radius 3 is 2.95 bits per heavy atom. The molecule has 7 heteroatoms. The third-order valence-corrected chi connectivity index (χ3v) is 4.54. The van der Waals surface area contributed by atoms with E-state index in [-0.39, 0.29) is 6.04 Å². The molecule has 0 aliphatic rings. The van der Waals surface area contributed by atoms with Gasteiger partial charge in [0, 0.05) is 7.11 Å². The van der Waals surface area contributed by atoms with Gasteiger partial charge in [-0.2, -0.15) is 5.10 Å². The lowest BCUT2D eigenvalue weighted by atomic mass is 10.1. The van der Waals surface area contributed by atoms with Crippen LogP contribution in [0.25, 0.3) is 0 Å². The van der Waals surface area contributed by atoms with E-state index in [4.69, 9.17) is 16.3 Å². The minimum Gasteiger partial charge on any atom is -0.383 e. The van der Waals surface area contributed by atoms with Crippen LogP contribution < -0.4 is 5.32 Å². The third-order valence-electron chi connectivity index (χ3n) is 3.26. The molecule has 0 saturated heterocycles. The van der Waals surface area contributed by atoms with Crippen molar-refractivity contribution in [2.45, 2.75) is 32.9 Å². The smallest absolute Gasteiger partial charge is 0.0876 e. The number of hydrogen-bond donors (Lipinski definition) is 1. The second kappa shape index (κ2) is 7.89. The molecule has 0 aliphatic heterocycles. The normalized spacial score (nSPS) is 12.8. The molecule has 2 aromatic rings. The molecule has 0 aromatic carbocycles. The summed E-state index contributed by atoms with van der Waals surface area (Å²) in [6.45, 7) is 6.37. The molecule has 0 radical (unpaired) electrons. The Hall–Kier alpha value is -0.950. The number of thiazole rings is 1. The Kier molecular flexibility index (Phi) is 6.17. The quantitative estimate of drug-likeness (QED) is 0.809. The van der Waals surface area contributed by atoms with Crippen molar-refractivity contribution in [1.29, 1.82) is 0 Å². The van der Waals surface area contributed by atoms with E-state index in [1.807, 2.05) is 17.1 Å². The molecule has 2 heterocycles.